The van der Waals surface area contributed by atoms with Crippen LogP contribution in [0.15, 0.2) is 212 Å². The summed E-state index contributed by atoms with van der Waals surface area (Å²) < 4.78 is 2.34. The van der Waals surface area contributed by atoms with Gasteiger partial charge in [0.25, 0.3) is 0 Å². The summed E-state index contributed by atoms with van der Waals surface area (Å²) in [5.74, 6) is 0. The van der Waals surface area contributed by atoms with Gasteiger partial charge in [0.05, 0.1) is 22.2 Å². The lowest BCUT2D eigenvalue weighted by atomic mass is 9.87. The summed E-state index contributed by atoms with van der Waals surface area (Å²) in [7, 11) is 0. The minimum absolute atomic E-state index is 0.657. The number of nitriles is 2. The van der Waals surface area contributed by atoms with Crippen molar-refractivity contribution >= 4 is 21.8 Å². The first kappa shape index (κ1) is 35.2. The summed E-state index contributed by atoms with van der Waals surface area (Å²) in [5.41, 5.74) is 16.4. The molecule has 59 heavy (non-hydrogen) atoms. The summed E-state index contributed by atoms with van der Waals surface area (Å²) in [6.07, 6.45) is 0. The molecule has 0 N–H and O–H groups in total. The number of fused-ring (bicyclic) bond motifs is 3. The number of para-hydroxylation sites is 1. The van der Waals surface area contributed by atoms with E-state index in [1.807, 2.05) is 78.9 Å². The molecule has 0 radical (unpaired) electrons. The SMILES string of the molecule is N#Cc1c(-c2ccccc2)cc(-c2ccc3c(c2)c2cc(-c4cc(-c5ccccc5)c(C#N)c(-c5ccccc5)c4)ccc2n3-c2ccccc2)cc1-c1ccccc1. The standard InChI is InChI=1S/C56H35N3/c57-36-53-47(38-16-6-1-7-17-38)32-44(33-48(53)39-18-8-2-9-19-39)42-26-28-55-51(30-42)52-31-43(27-29-56(52)59(55)46-24-14-5-15-25-46)45-34-49(40-20-10-3-11-21-40)54(37-58)50(35-45)41-22-12-4-13-23-41/h1-35H. The molecule has 10 aromatic rings. The molecule has 0 unspecified atom stereocenters. The highest BCUT2D eigenvalue weighted by atomic mass is 15.0. The lowest BCUT2D eigenvalue weighted by Crippen LogP contribution is -1.94. The minimum Gasteiger partial charge on any atom is -0.309 e. The van der Waals surface area contributed by atoms with Gasteiger partial charge in [-0.25, -0.2) is 0 Å². The van der Waals surface area contributed by atoms with Crippen LogP contribution in [0.1, 0.15) is 11.1 Å². The van der Waals surface area contributed by atoms with E-state index in [0.29, 0.717) is 11.1 Å². The van der Waals surface area contributed by atoms with Crippen molar-refractivity contribution in [2.45, 2.75) is 0 Å². The van der Waals surface area contributed by atoms with Crippen LogP contribution >= 0.6 is 0 Å². The van der Waals surface area contributed by atoms with Gasteiger partial charge in [0.2, 0.25) is 0 Å². The second-order valence-corrected chi connectivity index (χ2v) is 14.7. The zero-order chi connectivity index (χ0) is 39.7. The largest absolute Gasteiger partial charge is 0.309 e. The van der Waals surface area contributed by atoms with Crippen molar-refractivity contribution in [3.05, 3.63) is 223 Å². The Morgan fingerprint density at radius 3 is 0.898 bits per heavy atom. The summed E-state index contributed by atoms with van der Waals surface area (Å²) in [6.45, 7) is 0. The van der Waals surface area contributed by atoms with Gasteiger partial charge in [-0.1, -0.05) is 152 Å². The molecule has 10 rings (SSSR count). The van der Waals surface area contributed by atoms with Crippen LogP contribution in [0.2, 0.25) is 0 Å². The third-order valence-electron chi connectivity index (χ3n) is 11.3. The minimum atomic E-state index is 0.657. The van der Waals surface area contributed by atoms with Gasteiger partial charge in [-0.3, -0.25) is 0 Å². The normalized spacial score (nSPS) is 11.0. The molecular weight excluding hydrogens is 715 g/mol. The maximum Gasteiger partial charge on any atom is 0.100 e. The molecule has 1 aromatic heterocycles. The molecule has 0 saturated heterocycles. The van der Waals surface area contributed by atoms with Crippen LogP contribution in [-0.2, 0) is 0 Å². The first-order valence-electron chi connectivity index (χ1n) is 19.7. The molecule has 0 spiro atoms. The molecule has 274 valence electrons. The lowest BCUT2D eigenvalue weighted by Gasteiger charge is -2.15. The maximum absolute atomic E-state index is 10.6. The fourth-order valence-electron chi connectivity index (χ4n) is 8.48. The zero-order valence-electron chi connectivity index (χ0n) is 32.0. The number of nitrogens with zero attached hydrogens (tertiary/aromatic N) is 3. The summed E-state index contributed by atoms with van der Waals surface area (Å²) in [6, 6.07) is 78.5. The predicted octanol–water partition coefficient (Wildman–Crippen LogP) is 14.5. The van der Waals surface area contributed by atoms with E-state index in [4.69, 9.17) is 0 Å². The van der Waals surface area contributed by atoms with Gasteiger partial charge in [-0.2, -0.15) is 10.5 Å². The Morgan fingerprint density at radius 1 is 0.288 bits per heavy atom. The highest BCUT2D eigenvalue weighted by Crippen LogP contribution is 2.42. The number of benzene rings is 9. The fraction of sp³-hybridized carbons (Fsp3) is 0. The quantitative estimate of drug-likeness (QED) is 0.163. The van der Waals surface area contributed by atoms with Crippen molar-refractivity contribution in [2.24, 2.45) is 0 Å². The van der Waals surface area contributed by atoms with Gasteiger partial charge < -0.3 is 4.57 Å². The van der Waals surface area contributed by atoms with Gasteiger partial charge in [-0.15, -0.1) is 0 Å². The molecule has 0 fully saturated rings. The van der Waals surface area contributed by atoms with Crippen LogP contribution in [0.5, 0.6) is 0 Å². The molecule has 3 heteroatoms. The van der Waals surface area contributed by atoms with E-state index in [-0.39, 0.29) is 0 Å². The third kappa shape index (κ3) is 6.34. The monoisotopic (exact) mass is 749 g/mol. The summed E-state index contributed by atoms with van der Waals surface area (Å²) in [4.78, 5) is 0. The molecule has 0 aliphatic carbocycles. The molecule has 9 aromatic carbocycles. The predicted molar refractivity (Wildman–Crippen MR) is 243 cm³/mol. The van der Waals surface area contributed by atoms with Gasteiger partial charge in [0.15, 0.2) is 0 Å². The van der Waals surface area contributed by atoms with Gasteiger partial charge >= 0.3 is 0 Å². The molecule has 0 saturated carbocycles. The van der Waals surface area contributed by atoms with E-state index < -0.39 is 0 Å². The van der Waals surface area contributed by atoms with Crippen molar-refractivity contribution < 1.29 is 0 Å². The zero-order valence-corrected chi connectivity index (χ0v) is 32.0. The van der Waals surface area contributed by atoms with Gasteiger partial charge in [-0.05, 0) is 105 Å². The van der Waals surface area contributed by atoms with E-state index in [0.717, 1.165) is 94.3 Å². The van der Waals surface area contributed by atoms with Gasteiger partial charge in [0, 0.05) is 38.7 Å². The molecule has 0 atom stereocenters. The summed E-state index contributed by atoms with van der Waals surface area (Å²) in [5, 5.41) is 23.4. The lowest BCUT2D eigenvalue weighted by molar-refractivity contribution is 1.18. The molecule has 3 nitrogen and oxygen atoms in total. The molecule has 0 amide bonds. The van der Waals surface area contributed by atoms with Crippen LogP contribution in [0.3, 0.4) is 0 Å². The molecular formula is C56H35N3. The number of hydrogen-bond acceptors (Lipinski definition) is 2. The van der Waals surface area contributed by atoms with Crippen molar-refractivity contribution in [2.75, 3.05) is 0 Å². The smallest absolute Gasteiger partial charge is 0.100 e. The van der Waals surface area contributed by atoms with E-state index in [2.05, 4.69) is 150 Å². The number of rotatable bonds is 7. The molecule has 1 heterocycles. The first-order chi connectivity index (χ1) is 29.2. The first-order valence-corrected chi connectivity index (χ1v) is 19.7. The van der Waals surface area contributed by atoms with Crippen molar-refractivity contribution in [3.63, 3.8) is 0 Å². The Bertz CT molecular complexity index is 2920. The molecule has 0 aliphatic heterocycles. The summed E-state index contributed by atoms with van der Waals surface area (Å²) >= 11 is 0. The third-order valence-corrected chi connectivity index (χ3v) is 11.3. The Kier molecular flexibility index (Phi) is 8.96. The van der Waals surface area contributed by atoms with Crippen LogP contribution in [0.4, 0.5) is 0 Å². The van der Waals surface area contributed by atoms with Gasteiger partial charge in [0.1, 0.15) is 12.1 Å². The van der Waals surface area contributed by atoms with E-state index in [9.17, 15) is 10.5 Å². The van der Waals surface area contributed by atoms with E-state index in [1.54, 1.807) is 0 Å². The molecule has 0 bridgehead atoms. The Hall–Kier alpha value is -8.24. The average molecular weight is 750 g/mol. The highest BCUT2D eigenvalue weighted by Gasteiger charge is 2.20. The Labute approximate surface area is 343 Å². The van der Waals surface area contributed by atoms with Crippen LogP contribution < -0.4 is 0 Å². The van der Waals surface area contributed by atoms with Crippen molar-refractivity contribution in [1.29, 1.82) is 10.5 Å². The van der Waals surface area contributed by atoms with E-state index in [1.165, 1.54) is 0 Å². The highest BCUT2D eigenvalue weighted by molar-refractivity contribution is 6.12. The Balaban J connectivity index is 1.23. The van der Waals surface area contributed by atoms with Crippen LogP contribution in [0.25, 0.3) is 94.3 Å². The van der Waals surface area contributed by atoms with E-state index >= 15 is 0 Å². The second-order valence-electron chi connectivity index (χ2n) is 14.7. The van der Waals surface area contributed by atoms with Crippen molar-refractivity contribution in [3.8, 4) is 84.6 Å². The fourth-order valence-corrected chi connectivity index (χ4v) is 8.48. The second kappa shape index (κ2) is 15.0. The average Bonchev–Trinajstić information content (AvgIpc) is 3.65. The van der Waals surface area contributed by atoms with Crippen molar-refractivity contribution in [1.82, 2.24) is 4.57 Å². The maximum atomic E-state index is 10.6. The number of hydrogen-bond donors (Lipinski definition) is 0. The van der Waals surface area contributed by atoms with Crippen LogP contribution in [-0.4, -0.2) is 4.57 Å². The van der Waals surface area contributed by atoms with Crippen LogP contribution in [0, 0.1) is 22.7 Å². The molecule has 0 aliphatic rings. The number of aromatic nitrogens is 1. The Morgan fingerprint density at radius 2 is 0.593 bits per heavy atom. The topological polar surface area (TPSA) is 52.5 Å².